The minimum atomic E-state index is 0.143. The molecule has 21 heavy (non-hydrogen) atoms. The lowest BCUT2D eigenvalue weighted by molar-refractivity contribution is 0.0683. The predicted molar refractivity (Wildman–Crippen MR) is 91.7 cm³/mol. The molecule has 0 heterocycles. The second-order valence-electron chi connectivity index (χ2n) is 6.80. The standard InChI is InChI=1S/C18H29ClN2/c1-14-5-4-11-18(13-20,12-10-14)21(3)15(2)16-6-8-17(19)9-7-16/h6-9,14-15H,4-5,10-13,20H2,1-3H3. The predicted octanol–water partition coefficient (Wildman–Crippen LogP) is 4.63. The number of nitrogens with two attached hydrogens (primary N) is 1. The van der Waals surface area contributed by atoms with E-state index in [0.717, 1.165) is 17.5 Å². The highest BCUT2D eigenvalue weighted by Crippen LogP contribution is 2.37. The topological polar surface area (TPSA) is 29.3 Å². The van der Waals surface area contributed by atoms with E-state index in [1.165, 1.54) is 37.7 Å². The molecule has 1 fully saturated rings. The van der Waals surface area contributed by atoms with Gasteiger partial charge in [-0.15, -0.1) is 0 Å². The number of hydrogen-bond donors (Lipinski definition) is 1. The largest absolute Gasteiger partial charge is 0.329 e. The van der Waals surface area contributed by atoms with Crippen LogP contribution in [0.5, 0.6) is 0 Å². The minimum absolute atomic E-state index is 0.143. The highest BCUT2D eigenvalue weighted by molar-refractivity contribution is 6.30. The molecule has 118 valence electrons. The van der Waals surface area contributed by atoms with Crippen molar-refractivity contribution in [2.45, 2.75) is 57.5 Å². The van der Waals surface area contributed by atoms with Crippen molar-refractivity contribution in [1.82, 2.24) is 4.90 Å². The van der Waals surface area contributed by atoms with Crippen LogP contribution < -0.4 is 5.73 Å². The second-order valence-corrected chi connectivity index (χ2v) is 7.24. The Morgan fingerprint density at radius 3 is 2.57 bits per heavy atom. The molecule has 1 aromatic carbocycles. The summed E-state index contributed by atoms with van der Waals surface area (Å²) in [5.41, 5.74) is 7.69. The Hall–Kier alpha value is -0.570. The summed E-state index contributed by atoms with van der Waals surface area (Å²) < 4.78 is 0. The van der Waals surface area contributed by atoms with Crippen LogP contribution in [0.3, 0.4) is 0 Å². The van der Waals surface area contributed by atoms with E-state index in [-0.39, 0.29) is 5.54 Å². The summed E-state index contributed by atoms with van der Waals surface area (Å²) in [6, 6.07) is 8.58. The van der Waals surface area contributed by atoms with Crippen LogP contribution in [0.15, 0.2) is 24.3 Å². The van der Waals surface area contributed by atoms with E-state index in [0.29, 0.717) is 6.04 Å². The average molecular weight is 309 g/mol. The molecule has 3 atom stereocenters. The molecule has 2 rings (SSSR count). The van der Waals surface area contributed by atoms with E-state index in [4.69, 9.17) is 17.3 Å². The van der Waals surface area contributed by atoms with Crippen molar-refractivity contribution in [2.75, 3.05) is 13.6 Å². The highest BCUT2D eigenvalue weighted by atomic mass is 35.5. The molecule has 0 aromatic heterocycles. The van der Waals surface area contributed by atoms with Gasteiger partial charge < -0.3 is 5.73 Å². The molecule has 2 nitrogen and oxygen atoms in total. The first-order valence-corrected chi connectivity index (χ1v) is 8.55. The fraction of sp³-hybridized carbons (Fsp3) is 0.667. The van der Waals surface area contributed by atoms with Gasteiger partial charge in [0.25, 0.3) is 0 Å². The number of benzene rings is 1. The van der Waals surface area contributed by atoms with E-state index in [9.17, 15) is 0 Å². The molecule has 0 saturated heterocycles. The molecule has 0 amide bonds. The average Bonchev–Trinajstić information content (AvgIpc) is 2.69. The quantitative estimate of drug-likeness (QED) is 0.822. The third-order valence-corrected chi connectivity index (χ3v) is 5.76. The van der Waals surface area contributed by atoms with Crippen LogP contribution in [0.25, 0.3) is 0 Å². The van der Waals surface area contributed by atoms with Crippen LogP contribution in [-0.4, -0.2) is 24.0 Å². The Labute approximate surface area is 134 Å². The summed E-state index contributed by atoms with van der Waals surface area (Å²) in [5, 5.41) is 0.797. The molecule has 0 spiro atoms. The van der Waals surface area contributed by atoms with Gasteiger partial charge in [0.05, 0.1) is 0 Å². The number of nitrogens with zero attached hydrogens (tertiary/aromatic N) is 1. The van der Waals surface area contributed by atoms with Gasteiger partial charge in [-0.1, -0.05) is 43.5 Å². The van der Waals surface area contributed by atoms with Gasteiger partial charge >= 0.3 is 0 Å². The van der Waals surface area contributed by atoms with E-state index >= 15 is 0 Å². The molecule has 0 aliphatic heterocycles. The number of hydrogen-bond acceptors (Lipinski definition) is 2. The van der Waals surface area contributed by atoms with Crippen molar-refractivity contribution < 1.29 is 0 Å². The van der Waals surface area contributed by atoms with Crippen molar-refractivity contribution in [3.8, 4) is 0 Å². The van der Waals surface area contributed by atoms with Gasteiger partial charge in [-0.25, -0.2) is 0 Å². The fourth-order valence-corrected chi connectivity index (χ4v) is 3.77. The molecular formula is C18H29ClN2. The molecular weight excluding hydrogens is 280 g/mol. The van der Waals surface area contributed by atoms with Gasteiger partial charge in [0, 0.05) is 23.1 Å². The zero-order valence-corrected chi connectivity index (χ0v) is 14.4. The molecule has 3 heteroatoms. The van der Waals surface area contributed by atoms with E-state index < -0.39 is 0 Å². The Morgan fingerprint density at radius 2 is 1.95 bits per heavy atom. The summed E-state index contributed by atoms with van der Waals surface area (Å²) in [6.45, 7) is 5.39. The van der Waals surface area contributed by atoms with Crippen LogP contribution >= 0.6 is 11.6 Å². The number of rotatable bonds is 4. The summed E-state index contributed by atoms with van der Waals surface area (Å²) >= 11 is 6.00. The first-order valence-electron chi connectivity index (χ1n) is 8.17. The van der Waals surface area contributed by atoms with Gasteiger partial charge in [-0.2, -0.15) is 0 Å². The van der Waals surface area contributed by atoms with Crippen LogP contribution in [-0.2, 0) is 0 Å². The summed E-state index contributed by atoms with van der Waals surface area (Å²) in [4.78, 5) is 2.51. The number of halogens is 1. The van der Waals surface area contributed by atoms with Crippen LogP contribution in [0.4, 0.5) is 0 Å². The molecule has 0 radical (unpaired) electrons. The monoisotopic (exact) mass is 308 g/mol. The first kappa shape index (κ1) is 16.8. The lowest BCUT2D eigenvalue weighted by Gasteiger charge is -2.44. The lowest BCUT2D eigenvalue weighted by Crippen LogP contribution is -2.52. The third kappa shape index (κ3) is 3.80. The summed E-state index contributed by atoms with van der Waals surface area (Å²) in [6.07, 6.45) is 6.33. The minimum Gasteiger partial charge on any atom is -0.329 e. The zero-order valence-electron chi connectivity index (χ0n) is 13.6. The smallest absolute Gasteiger partial charge is 0.0406 e. The van der Waals surface area contributed by atoms with Crippen molar-refractivity contribution in [1.29, 1.82) is 0 Å². The lowest BCUT2D eigenvalue weighted by atomic mass is 9.86. The normalized spacial score (nSPS) is 28.4. The van der Waals surface area contributed by atoms with Crippen LogP contribution in [0.1, 0.15) is 57.6 Å². The van der Waals surface area contributed by atoms with Gasteiger partial charge in [0.2, 0.25) is 0 Å². The molecule has 1 saturated carbocycles. The van der Waals surface area contributed by atoms with Crippen molar-refractivity contribution >= 4 is 11.6 Å². The Balaban J connectivity index is 2.18. The van der Waals surface area contributed by atoms with Crippen molar-refractivity contribution in [3.63, 3.8) is 0 Å². The molecule has 1 aliphatic rings. The summed E-state index contributed by atoms with van der Waals surface area (Å²) in [7, 11) is 2.24. The maximum absolute atomic E-state index is 6.23. The Morgan fingerprint density at radius 1 is 1.29 bits per heavy atom. The van der Waals surface area contributed by atoms with Gasteiger partial charge in [0.15, 0.2) is 0 Å². The van der Waals surface area contributed by atoms with E-state index in [1.54, 1.807) is 0 Å². The fourth-order valence-electron chi connectivity index (χ4n) is 3.64. The van der Waals surface area contributed by atoms with Crippen LogP contribution in [0, 0.1) is 5.92 Å². The van der Waals surface area contributed by atoms with Gasteiger partial charge in [0.1, 0.15) is 0 Å². The molecule has 1 aromatic rings. The number of likely N-dealkylation sites (N-methyl/N-ethyl adjacent to an activating group) is 1. The summed E-state index contributed by atoms with van der Waals surface area (Å²) in [5.74, 6) is 0.831. The molecule has 3 unspecified atom stereocenters. The second kappa shape index (κ2) is 7.13. The highest BCUT2D eigenvalue weighted by Gasteiger charge is 2.37. The van der Waals surface area contributed by atoms with E-state index in [2.05, 4.69) is 37.9 Å². The third-order valence-electron chi connectivity index (χ3n) is 5.50. The maximum Gasteiger partial charge on any atom is 0.0406 e. The zero-order chi connectivity index (χ0) is 15.5. The van der Waals surface area contributed by atoms with Crippen molar-refractivity contribution in [3.05, 3.63) is 34.9 Å². The Bertz CT molecular complexity index is 445. The van der Waals surface area contributed by atoms with Gasteiger partial charge in [-0.3, -0.25) is 4.90 Å². The van der Waals surface area contributed by atoms with E-state index in [1.807, 2.05) is 12.1 Å². The van der Waals surface area contributed by atoms with Crippen LogP contribution in [0.2, 0.25) is 5.02 Å². The van der Waals surface area contributed by atoms with Crippen molar-refractivity contribution in [2.24, 2.45) is 11.7 Å². The molecule has 1 aliphatic carbocycles. The Kier molecular flexibility index (Phi) is 5.70. The first-order chi connectivity index (χ1) is 9.98. The molecule has 2 N–H and O–H groups in total. The maximum atomic E-state index is 6.23. The van der Waals surface area contributed by atoms with Gasteiger partial charge in [-0.05, 0) is 56.8 Å². The molecule has 0 bridgehead atoms. The SMILES string of the molecule is CC1CCCC(CN)(N(C)C(C)c2ccc(Cl)cc2)CC1.